The van der Waals surface area contributed by atoms with Gasteiger partial charge in [-0.05, 0) is 51.5 Å². The van der Waals surface area contributed by atoms with Gasteiger partial charge in [0.1, 0.15) is 0 Å². The maximum absolute atomic E-state index is 12.4. The molecule has 0 aliphatic heterocycles. The second-order valence-corrected chi connectivity index (χ2v) is 5.68. The third-order valence-electron chi connectivity index (χ3n) is 4.11. The molecule has 1 aromatic carbocycles. The molecule has 0 aliphatic carbocycles. The molecule has 1 amide bonds. The minimum atomic E-state index is -0.0256. The molecule has 22 heavy (non-hydrogen) atoms. The minimum absolute atomic E-state index is 0.0256. The van der Waals surface area contributed by atoms with Crippen LogP contribution in [0.15, 0.2) is 24.4 Å². The number of hydrogen-bond acceptors (Lipinski definition) is 3. The number of amides is 1. The lowest BCUT2D eigenvalue weighted by Crippen LogP contribution is -2.33. The largest absolute Gasteiger partial charge is 0.350 e. The van der Waals surface area contributed by atoms with Crippen LogP contribution in [0.3, 0.4) is 0 Å². The van der Waals surface area contributed by atoms with Gasteiger partial charge in [-0.15, -0.1) is 0 Å². The smallest absolute Gasteiger partial charge is 0.252 e. The van der Waals surface area contributed by atoms with Crippen LogP contribution >= 0.6 is 0 Å². The number of H-pyrrole nitrogens is 1. The van der Waals surface area contributed by atoms with Crippen molar-refractivity contribution in [3.8, 4) is 0 Å². The molecule has 1 aromatic heterocycles. The van der Waals surface area contributed by atoms with Gasteiger partial charge in [0.25, 0.3) is 5.91 Å². The van der Waals surface area contributed by atoms with Crippen LogP contribution in [0.25, 0.3) is 10.9 Å². The minimum Gasteiger partial charge on any atom is -0.350 e. The van der Waals surface area contributed by atoms with Gasteiger partial charge < -0.3 is 10.2 Å². The first-order chi connectivity index (χ1) is 10.7. The average Bonchev–Trinajstić information content (AvgIpc) is 2.99. The molecule has 1 unspecified atom stereocenters. The summed E-state index contributed by atoms with van der Waals surface area (Å²) in [5.41, 5.74) is 1.57. The van der Waals surface area contributed by atoms with E-state index in [1.54, 1.807) is 6.20 Å². The Hall–Kier alpha value is -1.88. The lowest BCUT2D eigenvalue weighted by molar-refractivity contribution is 0.0939. The maximum atomic E-state index is 12.4. The fraction of sp³-hybridized carbons (Fsp3) is 0.529. The van der Waals surface area contributed by atoms with Crippen LogP contribution in [0.5, 0.6) is 0 Å². The highest BCUT2D eigenvalue weighted by Gasteiger charge is 2.13. The average molecular weight is 302 g/mol. The molecular formula is C17H26N4O. The number of nitrogens with one attached hydrogen (secondary N) is 2. The Kier molecular flexibility index (Phi) is 5.95. The number of benzene rings is 1. The molecule has 0 radical (unpaired) electrons. The molecule has 2 N–H and O–H groups in total. The van der Waals surface area contributed by atoms with Crippen LogP contribution < -0.4 is 5.32 Å². The van der Waals surface area contributed by atoms with E-state index in [0.29, 0.717) is 5.56 Å². The molecule has 0 saturated carbocycles. The number of nitrogens with zero attached hydrogens (tertiary/aromatic N) is 2. The summed E-state index contributed by atoms with van der Waals surface area (Å²) in [6, 6.07) is 5.81. The van der Waals surface area contributed by atoms with E-state index in [-0.39, 0.29) is 11.9 Å². The van der Waals surface area contributed by atoms with Crippen LogP contribution in [0.1, 0.15) is 44.0 Å². The Balaban J connectivity index is 1.87. The molecule has 0 fully saturated rings. The number of hydrogen-bond donors (Lipinski definition) is 2. The summed E-state index contributed by atoms with van der Waals surface area (Å²) < 4.78 is 0. The van der Waals surface area contributed by atoms with Crippen molar-refractivity contribution in [2.24, 2.45) is 0 Å². The van der Waals surface area contributed by atoms with Gasteiger partial charge in [-0.2, -0.15) is 5.10 Å². The van der Waals surface area contributed by atoms with E-state index >= 15 is 0 Å². The van der Waals surface area contributed by atoms with Crippen molar-refractivity contribution in [2.45, 2.75) is 39.7 Å². The Morgan fingerprint density at radius 1 is 1.36 bits per heavy atom. The van der Waals surface area contributed by atoms with Crippen molar-refractivity contribution in [2.75, 3.05) is 19.6 Å². The summed E-state index contributed by atoms with van der Waals surface area (Å²) in [5.74, 6) is -0.0256. The molecule has 0 saturated heterocycles. The van der Waals surface area contributed by atoms with E-state index in [2.05, 4.69) is 41.2 Å². The summed E-state index contributed by atoms with van der Waals surface area (Å²) in [4.78, 5) is 14.8. The second kappa shape index (κ2) is 7.94. The van der Waals surface area contributed by atoms with Gasteiger partial charge >= 0.3 is 0 Å². The zero-order chi connectivity index (χ0) is 15.9. The Morgan fingerprint density at radius 2 is 2.14 bits per heavy atom. The summed E-state index contributed by atoms with van der Waals surface area (Å²) in [7, 11) is 0. The zero-order valence-corrected chi connectivity index (χ0v) is 13.7. The fourth-order valence-electron chi connectivity index (χ4n) is 2.70. The molecule has 0 aliphatic rings. The third kappa shape index (κ3) is 4.07. The quantitative estimate of drug-likeness (QED) is 0.788. The van der Waals surface area contributed by atoms with Crippen molar-refractivity contribution < 1.29 is 4.79 Å². The lowest BCUT2D eigenvalue weighted by atomic mass is 10.1. The van der Waals surface area contributed by atoms with Crippen molar-refractivity contribution in [3.05, 3.63) is 30.0 Å². The van der Waals surface area contributed by atoms with Crippen LogP contribution in [0.2, 0.25) is 0 Å². The van der Waals surface area contributed by atoms with Gasteiger partial charge in [-0.25, -0.2) is 0 Å². The summed E-state index contributed by atoms with van der Waals surface area (Å²) in [6.45, 7) is 9.68. The first kappa shape index (κ1) is 16.5. The molecule has 2 aromatic rings. The number of aromatic nitrogens is 2. The van der Waals surface area contributed by atoms with Crippen molar-refractivity contribution in [1.82, 2.24) is 20.4 Å². The lowest BCUT2D eigenvalue weighted by Gasteiger charge is -2.19. The highest BCUT2D eigenvalue weighted by Crippen LogP contribution is 2.16. The molecule has 5 nitrogen and oxygen atoms in total. The van der Waals surface area contributed by atoms with E-state index in [1.807, 2.05) is 18.2 Å². The highest BCUT2D eigenvalue weighted by atomic mass is 16.1. The van der Waals surface area contributed by atoms with Crippen molar-refractivity contribution in [1.29, 1.82) is 0 Å². The van der Waals surface area contributed by atoms with Gasteiger partial charge in [0.2, 0.25) is 0 Å². The Morgan fingerprint density at radius 3 is 2.86 bits per heavy atom. The number of aromatic amines is 1. The van der Waals surface area contributed by atoms with Crippen LogP contribution in [-0.2, 0) is 0 Å². The molecule has 1 heterocycles. The second-order valence-electron chi connectivity index (χ2n) is 5.68. The first-order valence-electron chi connectivity index (χ1n) is 8.11. The zero-order valence-electron chi connectivity index (χ0n) is 13.7. The topological polar surface area (TPSA) is 61.0 Å². The van der Waals surface area contributed by atoms with E-state index < -0.39 is 0 Å². The number of rotatable bonds is 8. The van der Waals surface area contributed by atoms with Crippen LogP contribution in [0.4, 0.5) is 0 Å². The van der Waals surface area contributed by atoms with Gasteiger partial charge in [0.05, 0.1) is 17.3 Å². The molecule has 0 spiro atoms. The molecule has 0 bridgehead atoms. The van der Waals surface area contributed by atoms with E-state index in [0.717, 1.165) is 43.4 Å². The Labute approximate surface area is 132 Å². The predicted octanol–water partition coefficient (Wildman–Crippen LogP) is 2.80. The maximum Gasteiger partial charge on any atom is 0.252 e. The molecular weight excluding hydrogens is 276 g/mol. The van der Waals surface area contributed by atoms with Gasteiger partial charge in [-0.1, -0.05) is 19.9 Å². The fourth-order valence-corrected chi connectivity index (χ4v) is 2.70. The van der Waals surface area contributed by atoms with Crippen molar-refractivity contribution in [3.63, 3.8) is 0 Å². The number of fused-ring (bicyclic) bond motifs is 1. The van der Waals surface area contributed by atoms with Gasteiger partial charge in [0, 0.05) is 11.4 Å². The summed E-state index contributed by atoms with van der Waals surface area (Å²) in [5, 5.41) is 10.9. The normalized spacial score (nSPS) is 12.7. The molecule has 120 valence electrons. The van der Waals surface area contributed by atoms with E-state index in [9.17, 15) is 4.79 Å². The molecule has 2 rings (SSSR count). The number of carbonyl (C=O) groups is 1. The van der Waals surface area contributed by atoms with Gasteiger partial charge in [-0.3, -0.25) is 9.89 Å². The van der Waals surface area contributed by atoms with E-state index in [4.69, 9.17) is 0 Å². The first-order valence-corrected chi connectivity index (χ1v) is 8.11. The molecule has 5 heteroatoms. The van der Waals surface area contributed by atoms with Crippen LogP contribution in [0, 0.1) is 0 Å². The monoisotopic (exact) mass is 302 g/mol. The predicted molar refractivity (Wildman–Crippen MR) is 90.0 cm³/mol. The van der Waals surface area contributed by atoms with Gasteiger partial charge in [0.15, 0.2) is 0 Å². The number of carbonyl (C=O) groups excluding carboxylic acids is 1. The van der Waals surface area contributed by atoms with Crippen molar-refractivity contribution >= 4 is 16.8 Å². The Bertz CT molecular complexity index is 603. The third-order valence-corrected chi connectivity index (χ3v) is 4.11. The summed E-state index contributed by atoms with van der Waals surface area (Å²) in [6.07, 6.45) is 3.79. The highest BCUT2D eigenvalue weighted by molar-refractivity contribution is 6.06. The SMILES string of the molecule is CCN(CC)CCCC(C)NC(=O)c1cccc2[nH]ncc12. The summed E-state index contributed by atoms with van der Waals surface area (Å²) >= 11 is 0. The van der Waals surface area contributed by atoms with E-state index in [1.165, 1.54) is 0 Å². The standard InChI is InChI=1S/C17H26N4O/c1-4-21(5-2)11-7-8-13(3)19-17(22)14-9-6-10-16-15(14)12-18-20-16/h6,9-10,12-13H,4-5,7-8,11H2,1-3H3,(H,18,20)(H,19,22). The van der Waals surface area contributed by atoms with Crippen LogP contribution in [-0.4, -0.2) is 46.7 Å². The molecule has 1 atom stereocenters.